The smallest absolute Gasteiger partial charge is 0.0355 e. The van der Waals surface area contributed by atoms with Crippen LogP contribution in [0.4, 0.5) is 0 Å². The summed E-state index contributed by atoms with van der Waals surface area (Å²) in [6.45, 7) is 2.27. The highest BCUT2D eigenvalue weighted by Gasteiger charge is 2.19. The van der Waals surface area contributed by atoms with Crippen LogP contribution in [0.5, 0.6) is 0 Å². The first-order chi connectivity index (χ1) is 4.93. The third-order valence-corrected chi connectivity index (χ3v) is 2.18. The van der Waals surface area contributed by atoms with Crippen molar-refractivity contribution in [3.05, 3.63) is 6.42 Å². The fourth-order valence-corrected chi connectivity index (χ4v) is 1.26. The molecule has 1 radical (unpaired) electrons. The Kier molecular flexibility index (Phi) is 3.86. The van der Waals surface area contributed by atoms with Gasteiger partial charge in [-0.05, 0) is 31.6 Å². The Balaban J connectivity index is 1.68. The first-order valence-corrected chi connectivity index (χ1v) is 4.77. The molecule has 0 amide bonds. The molecule has 0 aliphatic heterocycles. The van der Waals surface area contributed by atoms with Gasteiger partial charge in [-0.2, -0.15) is 0 Å². The van der Waals surface area contributed by atoms with Crippen LogP contribution in [0.3, 0.4) is 0 Å². The van der Waals surface area contributed by atoms with Gasteiger partial charge in [-0.15, -0.1) is 0 Å². The molecule has 0 aromatic carbocycles. The van der Waals surface area contributed by atoms with Gasteiger partial charge in [0.2, 0.25) is 0 Å². The van der Waals surface area contributed by atoms with Crippen molar-refractivity contribution in [2.75, 3.05) is 0 Å². The molecule has 0 heteroatoms. The molecule has 0 N–H and O–H groups in total. The summed E-state index contributed by atoms with van der Waals surface area (Å²) >= 11 is 0. The average molecular weight is 139 g/mol. The van der Waals surface area contributed by atoms with E-state index in [1.807, 2.05) is 0 Å². The van der Waals surface area contributed by atoms with Crippen molar-refractivity contribution in [1.82, 2.24) is 0 Å². The van der Waals surface area contributed by atoms with Gasteiger partial charge < -0.3 is 0 Å². The van der Waals surface area contributed by atoms with E-state index >= 15 is 0 Å². The van der Waals surface area contributed by atoms with Crippen molar-refractivity contribution in [2.45, 2.75) is 51.9 Å². The minimum absolute atomic E-state index is 1.03. The molecule has 0 nitrogen and oxygen atoms in total. The maximum Gasteiger partial charge on any atom is -0.0355 e. The van der Waals surface area contributed by atoms with Crippen LogP contribution in [0.25, 0.3) is 0 Å². The Hall–Kier alpha value is 0. The minimum Gasteiger partial charge on any atom is -0.0654 e. The normalized spacial score (nSPS) is 17.7. The summed E-state index contributed by atoms with van der Waals surface area (Å²) < 4.78 is 0. The lowest BCUT2D eigenvalue weighted by atomic mass is 10.1. The monoisotopic (exact) mass is 139 g/mol. The summed E-state index contributed by atoms with van der Waals surface area (Å²) in [5.41, 5.74) is 0. The zero-order chi connectivity index (χ0) is 7.23. The van der Waals surface area contributed by atoms with Gasteiger partial charge in [0, 0.05) is 0 Å². The molecule has 0 aromatic rings. The van der Waals surface area contributed by atoms with Crippen LogP contribution in [0.2, 0.25) is 0 Å². The molecule has 0 saturated heterocycles. The van der Waals surface area contributed by atoms with Crippen LogP contribution in [0.15, 0.2) is 0 Å². The van der Waals surface area contributed by atoms with Crippen LogP contribution in [0, 0.1) is 12.3 Å². The van der Waals surface area contributed by atoms with E-state index in [2.05, 4.69) is 13.3 Å². The Bertz CT molecular complexity index is 72.1. The SMILES string of the molecule is CCCCCC[CH]C1CC1. The summed E-state index contributed by atoms with van der Waals surface area (Å²) in [6, 6.07) is 0. The zero-order valence-corrected chi connectivity index (χ0v) is 7.10. The van der Waals surface area contributed by atoms with E-state index in [1.165, 1.54) is 44.9 Å². The predicted octanol–water partition coefficient (Wildman–Crippen LogP) is 3.57. The first kappa shape index (κ1) is 8.10. The molecule has 0 aromatic heterocycles. The van der Waals surface area contributed by atoms with E-state index in [1.54, 1.807) is 0 Å². The van der Waals surface area contributed by atoms with Crippen LogP contribution in [-0.2, 0) is 0 Å². The van der Waals surface area contributed by atoms with Gasteiger partial charge in [0.25, 0.3) is 0 Å². The van der Waals surface area contributed by atoms with Crippen molar-refractivity contribution in [2.24, 2.45) is 5.92 Å². The van der Waals surface area contributed by atoms with Gasteiger partial charge in [-0.25, -0.2) is 0 Å². The highest BCUT2D eigenvalue weighted by Crippen LogP contribution is 2.33. The molecular formula is C10H19. The van der Waals surface area contributed by atoms with Gasteiger partial charge in [0.05, 0.1) is 0 Å². The topological polar surface area (TPSA) is 0 Å². The van der Waals surface area contributed by atoms with Crippen molar-refractivity contribution in [1.29, 1.82) is 0 Å². The predicted molar refractivity (Wildman–Crippen MR) is 45.8 cm³/mol. The van der Waals surface area contributed by atoms with E-state index in [0.29, 0.717) is 0 Å². The summed E-state index contributed by atoms with van der Waals surface area (Å²) in [5.74, 6) is 1.03. The van der Waals surface area contributed by atoms with Crippen molar-refractivity contribution < 1.29 is 0 Å². The van der Waals surface area contributed by atoms with E-state index in [9.17, 15) is 0 Å². The average Bonchev–Trinajstić information content (AvgIpc) is 2.71. The molecule has 1 aliphatic rings. The third-order valence-electron chi connectivity index (χ3n) is 2.18. The Morgan fingerprint density at radius 2 is 2.00 bits per heavy atom. The Labute approximate surface area is 65.0 Å². The Morgan fingerprint density at radius 3 is 2.60 bits per heavy atom. The fourth-order valence-electron chi connectivity index (χ4n) is 1.26. The minimum atomic E-state index is 1.03. The largest absolute Gasteiger partial charge is 0.0654 e. The van der Waals surface area contributed by atoms with Gasteiger partial charge in [-0.3, -0.25) is 0 Å². The molecule has 59 valence electrons. The van der Waals surface area contributed by atoms with E-state index in [-0.39, 0.29) is 0 Å². The second-order valence-corrected chi connectivity index (χ2v) is 3.42. The molecular weight excluding hydrogens is 120 g/mol. The van der Waals surface area contributed by atoms with E-state index in [4.69, 9.17) is 0 Å². The van der Waals surface area contributed by atoms with Crippen LogP contribution >= 0.6 is 0 Å². The maximum absolute atomic E-state index is 2.52. The van der Waals surface area contributed by atoms with Gasteiger partial charge >= 0.3 is 0 Å². The summed E-state index contributed by atoms with van der Waals surface area (Å²) in [5, 5.41) is 0. The number of rotatable bonds is 6. The molecule has 1 fully saturated rings. The standard InChI is InChI=1S/C10H19/c1-2-3-4-5-6-7-10-8-9-10/h7,10H,2-6,8-9H2,1H3. The highest BCUT2D eigenvalue weighted by molar-refractivity contribution is 4.86. The molecule has 1 saturated carbocycles. The van der Waals surface area contributed by atoms with Gasteiger partial charge in [-0.1, -0.05) is 32.6 Å². The maximum atomic E-state index is 2.52. The Morgan fingerprint density at radius 1 is 1.20 bits per heavy atom. The summed E-state index contributed by atoms with van der Waals surface area (Å²) in [6.07, 6.45) is 12.5. The molecule has 1 rings (SSSR count). The van der Waals surface area contributed by atoms with E-state index in [0.717, 1.165) is 5.92 Å². The molecule has 0 heterocycles. The van der Waals surface area contributed by atoms with Crippen LogP contribution < -0.4 is 0 Å². The van der Waals surface area contributed by atoms with Crippen molar-refractivity contribution in [3.8, 4) is 0 Å². The molecule has 10 heavy (non-hydrogen) atoms. The molecule has 1 aliphatic carbocycles. The molecule has 0 bridgehead atoms. The second kappa shape index (κ2) is 4.76. The number of unbranched alkanes of at least 4 members (excludes halogenated alkanes) is 4. The third kappa shape index (κ3) is 3.92. The van der Waals surface area contributed by atoms with Crippen molar-refractivity contribution in [3.63, 3.8) is 0 Å². The number of hydrogen-bond donors (Lipinski definition) is 0. The quantitative estimate of drug-likeness (QED) is 0.493. The first-order valence-electron chi connectivity index (χ1n) is 4.77. The van der Waals surface area contributed by atoms with Crippen LogP contribution in [-0.4, -0.2) is 0 Å². The molecule has 0 unspecified atom stereocenters. The molecule has 0 spiro atoms. The fraction of sp³-hybridized carbons (Fsp3) is 0.900. The summed E-state index contributed by atoms with van der Waals surface area (Å²) in [7, 11) is 0. The lowest BCUT2D eigenvalue weighted by Gasteiger charge is -1.96. The number of hydrogen-bond acceptors (Lipinski definition) is 0. The van der Waals surface area contributed by atoms with Crippen molar-refractivity contribution >= 4 is 0 Å². The van der Waals surface area contributed by atoms with Crippen LogP contribution in [0.1, 0.15) is 51.9 Å². The highest BCUT2D eigenvalue weighted by atomic mass is 14.2. The lowest BCUT2D eigenvalue weighted by molar-refractivity contribution is 0.648. The zero-order valence-electron chi connectivity index (χ0n) is 7.10. The lowest BCUT2D eigenvalue weighted by Crippen LogP contribution is -1.80. The van der Waals surface area contributed by atoms with Gasteiger partial charge in [0.1, 0.15) is 0 Å². The summed E-state index contributed by atoms with van der Waals surface area (Å²) in [4.78, 5) is 0. The molecule has 0 atom stereocenters. The van der Waals surface area contributed by atoms with E-state index < -0.39 is 0 Å². The second-order valence-electron chi connectivity index (χ2n) is 3.42. The van der Waals surface area contributed by atoms with Gasteiger partial charge in [0.15, 0.2) is 0 Å².